The Kier molecular flexibility index (Phi) is 6.64. The maximum atomic E-state index is 12.3. The van der Waals surface area contributed by atoms with Gasteiger partial charge >= 0.3 is 5.97 Å². The molecule has 2 amide bonds. The number of hydrogen-bond donors (Lipinski definition) is 2. The van der Waals surface area contributed by atoms with Crippen LogP contribution in [0, 0.1) is 6.92 Å². The Morgan fingerprint density at radius 3 is 2.39 bits per heavy atom. The largest absolute Gasteiger partial charge is 0.493 e. The summed E-state index contributed by atoms with van der Waals surface area (Å²) in [5, 5.41) is 11.6. The lowest BCUT2D eigenvalue weighted by molar-refractivity contribution is -0.129. The zero-order valence-electron chi connectivity index (χ0n) is 16.1. The number of ether oxygens (including phenoxy) is 2. The Balaban J connectivity index is 1.94. The van der Waals surface area contributed by atoms with Crippen molar-refractivity contribution in [1.82, 2.24) is 10.2 Å². The number of carbonyl (C=O) groups excluding carboxylic acids is 2. The molecule has 2 rings (SSSR count). The number of nitrogens with one attached hydrogen (secondary N) is 1. The minimum atomic E-state index is -1.09. The molecule has 28 heavy (non-hydrogen) atoms. The molecule has 150 valence electrons. The topological polar surface area (TPSA) is 118 Å². The fraction of sp³-hybridized carbons (Fsp3) is 0.316. The second-order valence-electron chi connectivity index (χ2n) is 5.99. The molecular formula is C19H22N2O7. The monoisotopic (exact) mass is 390 g/mol. The third-order valence-electron chi connectivity index (χ3n) is 4.06. The summed E-state index contributed by atoms with van der Waals surface area (Å²) in [6, 6.07) is 6.05. The number of aromatic carboxylic acids is 1. The van der Waals surface area contributed by atoms with Gasteiger partial charge in [-0.25, -0.2) is 4.79 Å². The molecule has 0 aliphatic heterocycles. The van der Waals surface area contributed by atoms with E-state index in [1.165, 1.54) is 45.2 Å². The van der Waals surface area contributed by atoms with E-state index in [4.69, 9.17) is 19.0 Å². The van der Waals surface area contributed by atoms with Crippen LogP contribution in [-0.4, -0.2) is 55.6 Å². The molecule has 2 N–H and O–H groups in total. The molecule has 1 aromatic carbocycles. The molecule has 0 aliphatic rings. The number of methoxy groups -OCH3 is 2. The zero-order chi connectivity index (χ0) is 20.8. The third kappa shape index (κ3) is 4.81. The zero-order valence-corrected chi connectivity index (χ0v) is 16.1. The van der Waals surface area contributed by atoms with Crippen molar-refractivity contribution >= 4 is 17.8 Å². The second-order valence-corrected chi connectivity index (χ2v) is 5.99. The van der Waals surface area contributed by atoms with E-state index in [0.717, 1.165) is 0 Å². The van der Waals surface area contributed by atoms with Crippen LogP contribution in [0.5, 0.6) is 11.5 Å². The van der Waals surface area contributed by atoms with Gasteiger partial charge in [0.15, 0.2) is 11.5 Å². The van der Waals surface area contributed by atoms with Gasteiger partial charge in [0.05, 0.1) is 27.3 Å². The number of carboxylic acids is 1. The molecule has 0 bridgehead atoms. The summed E-state index contributed by atoms with van der Waals surface area (Å²) >= 11 is 0. The molecule has 2 aromatic rings. The Labute approximate surface area is 161 Å². The fourth-order valence-electron chi connectivity index (χ4n) is 2.53. The van der Waals surface area contributed by atoms with Crippen molar-refractivity contribution in [3.63, 3.8) is 0 Å². The van der Waals surface area contributed by atoms with Gasteiger partial charge in [-0.15, -0.1) is 0 Å². The van der Waals surface area contributed by atoms with Crippen molar-refractivity contribution in [1.29, 1.82) is 0 Å². The number of nitrogens with zero attached hydrogens (tertiary/aromatic N) is 1. The van der Waals surface area contributed by atoms with Gasteiger partial charge in [0.25, 0.3) is 5.91 Å². The molecule has 0 fully saturated rings. The highest BCUT2D eigenvalue weighted by Crippen LogP contribution is 2.27. The number of furan rings is 1. The van der Waals surface area contributed by atoms with Crippen LogP contribution in [0.4, 0.5) is 0 Å². The molecule has 0 saturated heterocycles. The number of benzene rings is 1. The number of carboxylic acid groups (broad SMARTS) is 1. The standard InChI is InChI=1S/C19H22N2O7/c1-11-14(19(24)25)8-13(28-11)10-21(2)17(22)9-20-18(23)12-5-6-15(26-3)16(7-12)27-4/h5-8H,9-10H2,1-4H3,(H,20,23)(H,24,25). The summed E-state index contributed by atoms with van der Waals surface area (Å²) in [7, 11) is 4.49. The second kappa shape index (κ2) is 8.94. The van der Waals surface area contributed by atoms with Gasteiger partial charge in [-0.3, -0.25) is 9.59 Å². The van der Waals surface area contributed by atoms with Crippen molar-refractivity contribution < 1.29 is 33.4 Å². The lowest BCUT2D eigenvalue weighted by atomic mass is 10.2. The number of hydrogen-bond acceptors (Lipinski definition) is 6. The quantitative estimate of drug-likeness (QED) is 0.704. The first-order valence-corrected chi connectivity index (χ1v) is 8.33. The molecule has 9 nitrogen and oxygen atoms in total. The molecule has 0 saturated carbocycles. The summed E-state index contributed by atoms with van der Waals surface area (Å²) in [5.74, 6) is -0.388. The summed E-state index contributed by atoms with van der Waals surface area (Å²) in [4.78, 5) is 36.9. The predicted molar refractivity (Wildman–Crippen MR) is 98.8 cm³/mol. The normalized spacial score (nSPS) is 10.3. The van der Waals surface area contributed by atoms with E-state index in [2.05, 4.69) is 5.32 Å². The first kappa shape index (κ1) is 20.8. The first-order valence-electron chi connectivity index (χ1n) is 8.33. The van der Waals surface area contributed by atoms with Gasteiger partial charge in [-0.2, -0.15) is 0 Å². The number of aryl methyl sites for hydroxylation is 1. The van der Waals surface area contributed by atoms with Gasteiger partial charge in [0, 0.05) is 12.6 Å². The summed E-state index contributed by atoms with van der Waals surface area (Å²) in [5.41, 5.74) is 0.374. The van der Waals surface area contributed by atoms with E-state index in [-0.39, 0.29) is 30.3 Å². The van der Waals surface area contributed by atoms with Crippen LogP contribution in [0.2, 0.25) is 0 Å². The Bertz CT molecular complexity index is 888. The average Bonchev–Trinajstić information content (AvgIpc) is 3.05. The number of rotatable bonds is 8. The van der Waals surface area contributed by atoms with E-state index >= 15 is 0 Å². The highest BCUT2D eigenvalue weighted by molar-refractivity contribution is 5.97. The van der Waals surface area contributed by atoms with Gasteiger partial charge in [-0.05, 0) is 31.2 Å². The lowest BCUT2D eigenvalue weighted by Crippen LogP contribution is -2.37. The SMILES string of the molecule is COc1ccc(C(=O)NCC(=O)N(C)Cc2cc(C(=O)O)c(C)o2)cc1OC. The van der Waals surface area contributed by atoms with Crippen LogP contribution >= 0.6 is 0 Å². The summed E-state index contributed by atoms with van der Waals surface area (Å²) in [6.45, 7) is 1.40. The van der Waals surface area contributed by atoms with Crippen LogP contribution in [0.25, 0.3) is 0 Å². The van der Waals surface area contributed by atoms with Crippen molar-refractivity contribution in [2.45, 2.75) is 13.5 Å². The van der Waals surface area contributed by atoms with Crippen LogP contribution < -0.4 is 14.8 Å². The van der Waals surface area contributed by atoms with Crippen molar-refractivity contribution in [3.05, 3.63) is 46.9 Å². The van der Waals surface area contributed by atoms with Gasteiger partial charge < -0.3 is 29.2 Å². The van der Waals surface area contributed by atoms with Crippen LogP contribution in [0.15, 0.2) is 28.7 Å². The third-order valence-corrected chi connectivity index (χ3v) is 4.06. The highest BCUT2D eigenvalue weighted by Gasteiger charge is 2.18. The Morgan fingerprint density at radius 1 is 1.14 bits per heavy atom. The van der Waals surface area contributed by atoms with Crippen LogP contribution in [-0.2, 0) is 11.3 Å². The van der Waals surface area contributed by atoms with Crippen LogP contribution in [0.1, 0.15) is 32.2 Å². The van der Waals surface area contributed by atoms with E-state index in [1.807, 2.05) is 0 Å². The Morgan fingerprint density at radius 2 is 1.82 bits per heavy atom. The van der Waals surface area contributed by atoms with E-state index in [0.29, 0.717) is 22.8 Å². The first-order chi connectivity index (χ1) is 13.3. The average molecular weight is 390 g/mol. The van der Waals surface area contributed by atoms with Gasteiger partial charge in [0.1, 0.15) is 17.1 Å². The van der Waals surface area contributed by atoms with Crippen molar-refractivity contribution in [2.75, 3.05) is 27.8 Å². The molecule has 0 unspecified atom stereocenters. The minimum Gasteiger partial charge on any atom is -0.493 e. The van der Waals surface area contributed by atoms with E-state index in [1.54, 1.807) is 12.1 Å². The smallest absolute Gasteiger partial charge is 0.339 e. The predicted octanol–water partition coefficient (Wildman–Crippen LogP) is 1.69. The molecule has 1 aromatic heterocycles. The van der Waals surface area contributed by atoms with Gasteiger partial charge in [0.2, 0.25) is 5.91 Å². The minimum absolute atomic E-state index is 0.0533. The molecule has 9 heteroatoms. The fourth-order valence-corrected chi connectivity index (χ4v) is 2.53. The number of carbonyl (C=O) groups is 3. The van der Waals surface area contributed by atoms with E-state index < -0.39 is 11.9 Å². The van der Waals surface area contributed by atoms with Gasteiger partial charge in [-0.1, -0.05) is 0 Å². The van der Waals surface area contributed by atoms with Crippen molar-refractivity contribution in [2.24, 2.45) is 0 Å². The Hall–Kier alpha value is -3.49. The summed E-state index contributed by atoms with van der Waals surface area (Å²) < 4.78 is 15.6. The highest BCUT2D eigenvalue weighted by atomic mass is 16.5. The molecular weight excluding hydrogens is 368 g/mol. The maximum Gasteiger partial charge on any atom is 0.339 e. The van der Waals surface area contributed by atoms with Crippen LogP contribution in [0.3, 0.4) is 0 Å². The molecule has 0 spiro atoms. The maximum absolute atomic E-state index is 12.3. The molecule has 0 atom stereocenters. The molecule has 0 radical (unpaired) electrons. The van der Waals surface area contributed by atoms with E-state index in [9.17, 15) is 14.4 Å². The van der Waals surface area contributed by atoms with Crippen molar-refractivity contribution in [3.8, 4) is 11.5 Å². The molecule has 0 aliphatic carbocycles. The molecule has 1 heterocycles. The summed E-state index contributed by atoms with van der Waals surface area (Å²) in [6.07, 6.45) is 0. The lowest BCUT2D eigenvalue weighted by Gasteiger charge is -2.16. The number of amides is 2. The number of likely N-dealkylation sites (N-methyl/N-ethyl adjacent to an activating group) is 1.